The van der Waals surface area contributed by atoms with Gasteiger partial charge >= 0.3 is 0 Å². The van der Waals surface area contributed by atoms with Crippen LogP contribution in [0, 0.1) is 0 Å². The first-order valence-electron chi connectivity index (χ1n) is 8.91. The zero-order chi connectivity index (χ0) is 19.8. The van der Waals surface area contributed by atoms with E-state index in [1.165, 1.54) is 0 Å². The van der Waals surface area contributed by atoms with Crippen LogP contribution in [0.25, 0.3) is 21.8 Å². The van der Waals surface area contributed by atoms with Gasteiger partial charge in [-0.3, -0.25) is 0 Å². The van der Waals surface area contributed by atoms with Crippen molar-refractivity contribution < 1.29 is 9.15 Å². The molecule has 3 heterocycles. The van der Waals surface area contributed by atoms with Gasteiger partial charge in [0.1, 0.15) is 16.4 Å². The predicted octanol–water partition coefficient (Wildman–Crippen LogP) is 5.58. The van der Waals surface area contributed by atoms with Crippen LogP contribution in [0.4, 0.5) is 0 Å². The van der Waals surface area contributed by atoms with Gasteiger partial charge in [0.15, 0.2) is 6.61 Å². The number of benzene rings is 2. The van der Waals surface area contributed by atoms with Gasteiger partial charge in [-0.2, -0.15) is 0 Å². The summed E-state index contributed by atoms with van der Waals surface area (Å²) in [5.41, 5.74) is 2.76. The van der Waals surface area contributed by atoms with Crippen LogP contribution >= 0.6 is 23.2 Å². The number of nitrogens with one attached hydrogen (secondary N) is 1. The summed E-state index contributed by atoms with van der Waals surface area (Å²) in [6.07, 6.45) is 2.50. The van der Waals surface area contributed by atoms with Crippen molar-refractivity contribution >= 4 is 45.0 Å². The lowest BCUT2D eigenvalue weighted by molar-refractivity contribution is 0.262. The minimum Gasteiger partial charge on any atom is -0.482 e. The highest BCUT2D eigenvalue weighted by Crippen LogP contribution is 2.31. The number of aromatic nitrogens is 4. The Morgan fingerprint density at radius 1 is 0.966 bits per heavy atom. The van der Waals surface area contributed by atoms with Gasteiger partial charge in [0.2, 0.25) is 5.89 Å². The van der Waals surface area contributed by atoms with E-state index in [1.54, 1.807) is 12.1 Å². The summed E-state index contributed by atoms with van der Waals surface area (Å²) in [4.78, 5) is 7.56. The van der Waals surface area contributed by atoms with E-state index in [0.717, 1.165) is 21.9 Å². The highest BCUT2D eigenvalue weighted by Gasteiger charge is 2.13. The van der Waals surface area contributed by atoms with Gasteiger partial charge < -0.3 is 14.1 Å². The molecule has 0 atom stereocenters. The molecule has 0 unspecified atom stereocenters. The van der Waals surface area contributed by atoms with Crippen LogP contribution in [-0.4, -0.2) is 20.2 Å². The molecule has 144 valence electrons. The smallest absolute Gasteiger partial charge is 0.253 e. The quantitative estimate of drug-likeness (QED) is 0.372. The monoisotopic (exact) mass is 424 g/mol. The largest absolute Gasteiger partial charge is 0.482 e. The predicted molar refractivity (Wildman–Crippen MR) is 111 cm³/mol. The van der Waals surface area contributed by atoms with Gasteiger partial charge in [0.25, 0.3) is 5.89 Å². The summed E-state index contributed by atoms with van der Waals surface area (Å²) >= 11 is 12.3. The number of aromatic amines is 1. The van der Waals surface area contributed by atoms with Crippen molar-refractivity contribution in [3.63, 3.8) is 0 Å². The molecule has 0 fully saturated rings. The van der Waals surface area contributed by atoms with Crippen molar-refractivity contribution in [2.45, 2.75) is 13.0 Å². The van der Waals surface area contributed by atoms with Crippen molar-refractivity contribution in [3.8, 4) is 5.75 Å². The number of ether oxygens (including phenoxy) is 1. The van der Waals surface area contributed by atoms with E-state index in [2.05, 4.69) is 26.2 Å². The standard InChI is InChI=1S/C21H14Cl2N4O2/c22-15-9-18(23)25-21-14(15)5-3-7-17(21)28-11-20-27-26-19(29-20)8-12-10-24-16-6-2-1-4-13(12)16/h1-7,9-10,24H,8,11H2. The molecule has 0 amide bonds. The maximum Gasteiger partial charge on any atom is 0.253 e. The molecule has 5 rings (SSSR count). The lowest BCUT2D eigenvalue weighted by Crippen LogP contribution is -1.97. The molecule has 1 N–H and O–H groups in total. The zero-order valence-corrected chi connectivity index (χ0v) is 16.5. The first kappa shape index (κ1) is 18.0. The fourth-order valence-electron chi connectivity index (χ4n) is 3.27. The number of para-hydroxylation sites is 2. The summed E-state index contributed by atoms with van der Waals surface area (Å²) in [5, 5.41) is 10.9. The summed E-state index contributed by atoms with van der Waals surface area (Å²) in [6.45, 7) is 0.117. The molecule has 5 aromatic rings. The molecule has 0 aliphatic heterocycles. The number of pyridine rings is 1. The van der Waals surface area contributed by atoms with Gasteiger partial charge in [0.05, 0.1) is 11.4 Å². The number of rotatable bonds is 5. The average molecular weight is 425 g/mol. The minimum atomic E-state index is 0.117. The third kappa shape index (κ3) is 3.52. The lowest BCUT2D eigenvalue weighted by Gasteiger charge is -2.08. The SMILES string of the molecule is Clc1cc(Cl)c2cccc(OCc3nnc(Cc4c[nH]c5ccccc45)o3)c2n1. The van der Waals surface area contributed by atoms with E-state index in [9.17, 15) is 0 Å². The number of hydrogen-bond acceptors (Lipinski definition) is 5. The molecule has 0 saturated heterocycles. The van der Waals surface area contributed by atoms with Gasteiger partial charge in [-0.05, 0) is 23.8 Å². The highest BCUT2D eigenvalue weighted by atomic mass is 35.5. The van der Waals surface area contributed by atoms with Crippen LogP contribution < -0.4 is 4.74 Å². The molecule has 0 saturated carbocycles. The number of H-pyrrole nitrogens is 1. The molecule has 0 radical (unpaired) electrons. The molecule has 3 aromatic heterocycles. The number of halogens is 2. The Morgan fingerprint density at radius 2 is 1.79 bits per heavy atom. The number of nitrogens with zero attached hydrogens (tertiary/aromatic N) is 3. The van der Waals surface area contributed by atoms with Crippen LogP contribution in [0.1, 0.15) is 17.3 Å². The van der Waals surface area contributed by atoms with Crippen LogP contribution in [0.2, 0.25) is 10.2 Å². The topological polar surface area (TPSA) is 76.8 Å². The normalized spacial score (nSPS) is 11.4. The second-order valence-electron chi connectivity index (χ2n) is 6.49. The van der Waals surface area contributed by atoms with E-state index < -0.39 is 0 Å². The lowest BCUT2D eigenvalue weighted by atomic mass is 10.1. The Morgan fingerprint density at radius 3 is 2.72 bits per heavy atom. The van der Waals surface area contributed by atoms with Crippen LogP contribution in [0.5, 0.6) is 5.75 Å². The molecule has 0 aliphatic carbocycles. The highest BCUT2D eigenvalue weighted by molar-refractivity contribution is 6.37. The van der Waals surface area contributed by atoms with Crippen molar-refractivity contribution in [2.75, 3.05) is 0 Å². The maximum absolute atomic E-state index is 6.24. The molecule has 0 spiro atoms. The van der Waals surface area contributed by atoms with E-state index in [-0.39, 0.29) is 6.61 Å². The van der Waals surface area contributed by atoms with Crippen LogP contribution in [-0.2, 0) is 13.0 Å². The fraction of sp³-hybridized carbons (Fsp3) is 0.0952. The summed E-state index contributed by atoms with van der Waals surface area (Å²) in [6, 6.07) is 15.2. The third-order valence-electron chi connectivity index (χ3n) is 4.60. The molecular weight excluding hydrogens is 411 g/mol. The number of hydrogen-bond donors (Lipinski definition) is 1. The first-order chi connectivity index (χ1) is 14.2. The van der Waals surface area contributed by atoms with Gasteiger partial charge in [0, 0.05) is 22.5 Å². The van der Waals surface area contributed by atoms with Gasteiger partial charge in [-0.1, -0.05) is 53.5 Å². The Bertz CT molecular complexity index is 1330. The zero-order valence-electron chi connectivity index (χ0n) is 15.0. The molecule has 8 heteroatoms. The molecule has 6 nitrogen and oxygen atoms in total. The number of fused-ring (bicyclic) bond motifs is 2. The van der Waals surface area contributed by atoms with Crippen molar-refractivity contribution in [1.29, 1.82) is 0 Å². The van der Waals surface area contributed by atoms with Gasteiger partial charge in [-0.25, -0.2) is 4.98 Å². The molecule has 0 aliphatic rings. The van der Waals surface area contributed by atoms with Crippen LogP contribution in [0.15, 0.2) is 59.1 Å². The average Bonchev–Trinajstić information content (AvgIpc) is 3.34. The molecular formula is C21H14Cl2N4O2. The maximum atomic E-state index is 6.24. The Kier molecular flexibility index (Phi) is 4.58. The second kappa shape index (κ2) is 7.39. The third-order valence-corrected chi connectivity index (χ3v) is 5.10. The fourth-order valence-corrected chi connectivity index (χ4v) is 3.77. The van der Waals surface area contributed by atoms with E-state index in [0.29, 0.717) is 39.6 Å². The second-order valence-corrected chi connectivity index (χ2v) is 7.29. The van der Waals surface area contributed by atoms with E-state index in [1.807, 2.05) is 36.5 Å². The Balaban J connectivity index is 1.34. The molecule has 29 heavy (non-hydrogen) atoms. The van der Waals surface area contributed by atoms with Gasteiger partial charge in [-0.15, -0.1) is 10.2 Å². The minimum absolute atomic E-state index is 0.117. The molecule has 2 aromatic carbocycles. The summed E-state index contributed by atoms with van der Waals surface area (Å²) in [7, 11) is 0. The summed E-state index contributed by atoms with van der Waals surface area (Å²) in [5.74, 6) is 1.45. The summed E-state index contributed by atoms with van der Waals surface area (Å²) < 4.78 is 11.6. The van der Waals surface area contributed by atoms with Crippen LogP contribution in [0.3, 0.4) is 0 Å². The molecule has 0 bridgehead atoms. The Labute approximate surface area is 175 Å². The van der Waals surface area contributed by atoms with Crippen molar-refractivity contribution in [2.24, 2.45) is 0 Å². The van der Waals surface area contributed by atoms with Crippen molar-refractivity contribution in [3.05, 3.63) is 82.2 Å². The first-order valence-corrected chi connectivity index (χ1v) is 9.67. The van der Waals surface area contributed by atoms with E-state index in [4.69, 9.17) is 32.4 Å². The van der Waals surface area contributed by atoms with E-state index >= 15 is 0 Å². The Hall–Kier alpha value is -3.09. The van der Waals surface area contributed by atoms with Crippen molar-refractivity contribution in [1.82, 2.24) is 20.2 Å².